The first-order chi connectivity index (χ1) is 16.2. The number of nitrogens with one attached hydrogen (secondary N) is 2. The van der Waals surface area contributed by atoms with Gasteiger partial charge in [0.05, 0.1) is 6.61 Å². The van der Waals surface area contributed by atoms with Crippen molar-refractivity contribution in [3.63, 3.8) is 0 Å². The van der Waals surface area contributed by atoms with Crippen molar-refractivity contribution in [1.29, 1.82) is 0 Å². The molecule has 4 aliphatic carbocycles. The van der Waals surface area contributed by atoms with Gasteiger partial charge in [-0.15, -0.1) is 0 Å². The lowest BCUT2D eigenvalue weighted by Crippen LogP contribution is -2.50. The van der Waals surface area contributed by atoms with E-state index in [0.717, 1.165) is 30.7 Å². The zero-order valence-electron chi connectivity index (χ0n) is 21.3. The third-order valence-electron chi connectivity index (χ3n) is 8.31. The molecule has 0 amide bonds. The molecule has 10 heteroatoms. The van der Waals surface area contributed by atoms with Crippen molar-refractivity contribution in [3.05, 3.63) is 0 Å². The minimum absolute atomic E-state index is 0.213. The standard InChI is InChI=1S/C13H24BNO3.C10H20BNO.CO2/c1-3-18-12(16)11(15-14(2)17)10-4-6-13(7-5-10)8-9-13;1-11(13)12-8-9-2-4-10(5-3-9)6-7-10;2-1-3/h10-11,15,17H,3-9H2,1-2H3;9,12-13H,2-8H2,1H3;. The monoisotopic (exact) mass is 478 g/mol. The fraction of sp³-hybridized carbons (Fsp3) is 0.917. The average molecular weight is 478 g/mol. The Morgan fingerprint density at radius 1 is 0.941 bits per heavy atom. The van der Waals surface area contributed by atoms with Crippen LogP contribution in [-0.4, -0.2) is 55.5 Å². The van der Waals surface area contributed by atoms with Crippen LogP contribution in [0, 0.1) is 22.7 Å². The van der Waals surface area contributed by atoms with Crippen LogP contribution in [0.4, 0.5) is 0 Å². The van der Waals surface area contributed by atoms with E-state index in [2.05, 4.69) is 10.5 Å². The molecule has 192 valence electrons. The lowest BCUT2D eigenvalue weighted by atomic mass is 9.74. The largest absolute Gasteiger partial charge is 0.465 e. The topological polar surface area (TPSA) is 125 Å². The van der Waals surface area contributed by atoms with Crippen molar-refractivity contribution in [1.82, 2.24) is 10.5 Å². The van der Waals surface area contributed by atoms with Crippen molar-refractivity contribution >= 4 is 26.2 Å². The Kier molecular flexibility index (Phi) is 11.8. The molecule has 4 fully saturated rings. The highest BCUT2D eigenvalue weighted by atomic mass is 16.5. The minimum Gasteiger partial charge on any atom is -0.465 e. The van der Waals surface area contributed by atoms with Crippen LogP contribution in [0.2, 0.25) is 13.6 Å². The summed E-state index contributed by atoms with van der Waals surface area (Å²) < 4.78 is 5.11. The molecule has 0 aromatic carbocycles. The third-order valence-corrected chi connectivity index (χ3v) is 8.31. The van der Waals surface area contributed by atoms with E-state index >= 15 is 0 Å². The third kappa shape index (κ3) is 9.82. The quantitative estimate of drug-likeness (QED) is 0.310. The van der Waals surface area contributed by atoms with Gasteiger partial charge in [-0.2, -0.15) is 9.59 Å². The molecule has 1 unspecified atom stereocenters. The fourth-order valence-corrected chi connectivity index (χ4v) is 5.66. The molecule has 4 N–H and O–H groups in total. The summed E-state index contributed by atoms with van der Waals surface area (Å²) >= 11 is 0. The molecule has 8 nitrogen and oxygen atoms in total. The summed E-state index contributed by atoms with van der Waals surface area (Å²) in [5, 5.41) is 24.6. The summed E-state index contributed by atoms with van der Waals surface area (Å²) in [7, 11) is -1.01. The van der Waals surface area contributed by atoms with Crippen molar-refractivity contribution in [2.75, 3.05) is 13.2 Å². The second kappa shape index (κ2) is 13.8. The Hall–Kier alpha value is -1.18. The van der Waals surface area contributed by atoms with Crippen LogP contribution in [0.25, 0.3) is 0 Å². The molecule has 0 radical (unpaired) electrons. The number of hydrogen-bond acceptors (Lipinski definition) is 8. The summed E-state index contributed by atoms with van der Waals surface area (Å²) in [5.74, 6) is 0.917. The van der Waals surface area contributed by atoms with Gasteiger partial charge < -0.3 is 25.2 Å². The Morgan fingerprint density at radius 3 is 1.79 bits per heavy atom. The molecule has 4 rings (SSSR count). The van der Waals surface area contributed by atoms with Crippen molar-refractivity contribution in [3.8, 4) is 0 Å². The maximum absolute atomic E-state index is 12.0. The van der Waals surface area contributed by atoms with Gasteiger partial charge in [-0.25, -0.2) is 0 Å². The number of ether oxygens (including phenoxy) is 1. The Morgan fingerprint density at radius 2 is 1.41 bits per heavy atom. The first-order valence-corrected chi connectivity index (χ1v) is 13.2. The van der Waals surface area contributed by atoms with E-state index in [-0.39, 0.29) is 25.2 Å². The van der Waals surface area contributed by atoms with Gasteiger partial charge in [-0.3, -0.25) is 4.79 Å². The lowest BCUT2D eigenvalue weighted by Gasteiger charge is -2.33. The number of carbonyl (C=O) groups is 1. The highest BCUT2D eigenvalue weighted by molar-refractivity contribution is 6.46. The molecule has 0 aromatic heterocycles. The molecule has 0 aromatic rings. The maximum Gasteiger partial charge on any atom is 0.374 e. The molecule has 0 aliphatic heterocycles. The van der Waals surface area contributed by atoms with Crippen LogP contribution < -0.4 is 10.5 Å². The molecular formula is C24H44B2N2O6. The SMILES string of the molecule is CB(O)NCC1CCC2(CC1)CC2.CCOC(=O)C(NB(C)O)C1CCC2(CC1)CC2.O=C=O. The van der Waals surface area contributed by atoms with E-state index in [4.69, 9.17) is 19.3 Å². The van der Waals surface area contributed by atoms with Crippen LogP contribution >= 0.6 is 0 Å². The predicted octanol–water partition coefficient (Wildman–Crippen LogP) is 2.66. The normalized spacial score (nSPS) is 24.4. The van der Waals surface area contributed by atoms with Gasteiger partial charge in [-0.05, 0) is 127 Å². The van der Waals surface area contributed by atoms with Gasteiger partial charge in [-0.1, -0.05) is 0 Å². The molecule has 2 spiro atoms. The molecule has 0 bridgehead atoms. The minimum atomic E-state index is -0.670. The Labute approximate surface area is 205 Å². The second-order valence-electron chi connectivity index (χ2n) is 11.0. The summed E-state index contributed by atoms with van der Waals surface area (Å²) in [6.07, 6.45) is 16.2. The predicted molar refractivity (Wildman–Crippen MR) is 131 cm³/mol. The lowest BCUT2D eigenvalue weighted by molar-refractivity contribution is -0.191. The van der Waals surface area contributed by atoms with Gasteiger partial charge in [0.25, 0.3) is 0 Å². The fourth-order valence-electron chi connectivity index (χ4n) is 5.66. The van der Waals surface area contributed by atoms with Crippen molar-refractivity contribution < 1.29 is 29.2 Å². The van der Waals surface area contributed by atoms with E-state index in [0.29, 0.717) is 17.9 Å². The Bertz CT molecular complexity index is 641. The van der Waals surface area contributed by atoms with Gasteiger partial charge in [0.15, 0.2) is 0 Å². The zero-order chi connectivity index (χ0) is 25.2. The van der Waals surface area contributed by atoms with Crippen LogP contribution in [0.5, 0.6) is 0 Å². The molecule has 0 saturated heterocycles. The maximum atomic E-state index is 12.0. The smallest absolute Gasteiger partial charge is 0.374 e. The summed E-state index contributed by atoms with van der Waals surface area (Å²) in [5.41, 5.74) is 1.43. The number of rotatable bonds is 8. The highest BCUT2D eigenvalue weighted by Crippen LogP contribution is 2.58. The molecule has 1 atom stereocenters. The van der Waals surface area contributed by atoms with E-state index in [9.17, 15) is 9.82 Å². The van der Waals surface area contributed by atoms with Crippen molar-refractivity contribution in [2.24, 2.45) is 22.7 Å². The zero-order valence-corrected chi connectivity index (χ0v) is 21.3. The van der Waals surface area contributed by atoms with E-state index in [1.807, 2.05) is 6.92 Å². The number of esters is 1. The summed E-state index contributed by atoms with van der Waals surface area (Å²) in [6, 6.07) is -0.346. The van der Waals surface area contributed by atoms with Crippen LogP contribution in [0.1, 0.15) is 84.0 Å². The van der Waals surface area contributed by atoms with Gasteiger partial charge in [0, 0.05) is 0 Å². The van der Waals surface area contributed by atoms with E-state index in [1.165, 1.54) is 64.2 Å². The molecule has 4 aliphatic rings. The number of carbonyl (C=O) groups excluding carboxylic acids is 3. The first-order valence-electron chi connectivity index (χ1n) is 13.2. The van der Waals surface area contributed by atoms with Crippen LogP contribution in [0.3, 0.4) is 0 Å². The second-order valence-corrected chi connectivity index (χ2v) is 11.0. The van der Waals surface area contributed by atoms with Crippen LogP contribution in [-0.2, 0) is 19.1 Å². The first kappa shape index (κ1) is 29.1. The molecule has 0 heterocycles. The summed E-state index contributed by atoms with van der Waals surface area (Å²) in [4.78, 5) is 28.2. The average Bonchev–Trinajstić information content (AvgIpc) is 3.73. The molecule has 34 heavy (non-hydrogen) atoms. The highest BCUT2D eigenvalue weighted by Gasteiger charge is 2.47. The molecular weight excluding hydrogens is 434 g/mol. The van der Waals surface area contributed by atoms with Crippen LogP contribution in [0.15, 0.2) is 0 Å². The van der Waals surface area contributed by atoms with Crippen molar-refractivity contribution in [2.45, 2.75) is 104 Å². The van der Waals surface area contributed by atoms with E-state index < -0.39 is 7.05 Å². The number of hydrogen-bond donors (Lipinski definition) is 4. The molecule has 4 saturated carbocycles. The Balaban J connectivity index is 0.000000224. The van der Waals surface area contributed by atoms with Gasteiger partial charge in [0.1, 0.15) is 6.04 Å². The van der Waals surface area contributed by atoms with Gasteiger partial charge >= 0.3 is 26.2 Å². The van der Waals surface area contributed by atoms with E-state index in [1.54, 1.807) is 13.6 Å². The summed E-state index contributed by atoms with van der Waals surface area (Å²) in [6.45, 7) is 6.67. The van der Waals surface area contributed by atoms with Gasteiger partial charge in [0.2, 0.25) is 0 Å².